The molecule has 3 heteroatoms. The summed E-state index contributed by atoms with van der Waals surface area (Å²) in [5.74, 6) is 0. The largest absolute Gasteiger partial charge is 0.299 e. The third kappa shape index (κ3) is 1.38. The molecule has 0 spiro atoms. The first-order chi connectivity index (χ1) is 11.3. The fourth-order valence-corrected chi connectivity index (χ4v) is 5.58. The molecule has 108 valence electrons. The number of nitrogens with zero attached hydrogens (tertiary/aromatic N) is 1. The van der Waals surface area contributed by atoms with E-state index in [1.165, 1.54) is 52.0 Å². The third-order valence-electron chi connectivity index (χ3n) is 4.85. The lowest BCUT2D eigenvalue weighted by Crippen LogP contribution is -1.88. The van der Waals surface area contributed by atoms with Crippen LogP contribution in [0.1, 0.15) is 0 Å². The molecule has 0 saturated heterocycles. The Labute approximate surface area is 144 Å². The van der Waals surface area contributed by atoms with Gasteiger partial charge in [0.15, 0.2) is 0 Å². The summed E-state index contributed by atoms with van der Waals surface area (Å²) in [6.07, 6.45) is 0. The van der Waals surface area contributed by atoms with Crippen LogP contribution in [0, 0.1) is 0 Å². The molecule has 0 aliphatic heterocycles. The lowest BCUT2D eigenvalue weighted by atomic mass is 10.0. The number of hydrogen-bond acceptors (Lipinski definition) is 1. The van der Waals surface area contributed by atoms with E-state index < -0.39 is 0 Å². The van der Waals surface area contributed by atoms with Gasteiger partial charge < -0.3 is 0 Å². The van der Waals surface area contributed by atoms with Crippen LogP contribution in [-0.2, 0) is 0 Å². The van der Waals surface area contributed by atoms with Crippen LogP contribution in [0.5, 0.6) is 0 Å². The Hall–Kier alpha value is -2.10. The maximum Gasteiger partial charge on any atom is 0.109 e. The molecule has 3 aromatic carbocycles. The molecule has 0 N–H and O–H groups in total. The molecular weight excluding hydrogens is 366 g/mol. The zero-order valence-electron chi connectivity index (χ0n) is 12.0. The van der Waals surface area contributed by atoms with Crippen LogP contribution in [0.3, 0.4) is 0 Å². The highest BCUT2D eigenvalue weighted by atomic mass is 79.9. The summed E-state index contributed by atoms with van der Waals surface area (Å²) in [6, 6.07) is 22.1. The van der Waals surface area contributed by atoms with E-state index in [2.05, 4.69) is 81.0 Å². The smallest absolute Gasteiger partial charge is 0.109 e. The van der Waals surface area contributed by atoms with Gasteiger partial charge >= 0.3 is 0 Å². The number of rotatable bonds is 0. The second-order valence-corrected chi connectivity index (χ2v) is 8.40. The first-order valence-electron chi connectivity index (χ1n) is 7.58. The van der Waals surface area contributed by atoms with Crippen molar-refractivity contribution in [1.82, 2.24) is 4.40 Å². The predicted octanol–water partition coefficient (Wildman–Crippen LogP) is 6.81. The van der Waals surface area contributed by atoms with Crippen LogP contribution >= 0.6 is 27.3 Å². The summed E-state index contributed by atoms with van der Waals surface area (Å²) in [4.78, 5) is 1.31. The Morgan fingerprint density at radius 1 is 0.783 bits per heavy atom. The Morgan fingerprint density at radius 3 is 2.61 bits per heavy atom. The van der Waals surface area contributed by atoms with Gasteiger partial charge in [0, 0.05) is 21.5 Å². The van der Waals surface area contributed by atoms with Gasteiger partial charge in [-0.1, -0.05) is 48.5 Å². The zero-order chi connectivity index (χ0) is 15.1. The van der Waals surface area contributed by atoms with Gasteiger partial charge in [0.25, 0.3) is 0 Å². The fraction of sp³-hybridized carbons (Fsp3) is 0. The molecule has 0 bridgehead atoms. The van der Waals surface area contributed by atoms with Gasteiger partial charge in [0.2, 0.25) is 0 Å². The van der Waals surface area contributed by atoms with Gasteiger partial charge in [-0.3, -0.25) is 4.40 Å². The molecule has 0 atom stereocenters. The minimum absolute atomic E-state index is 1.18. The van der Waals surface area contributed by atoms with Crippen molar-refractivity contribution in [3.8, 4) is 0 Å². The van der Waals surface area contributed by atoms with Gasteiger partial charge in [-0.25, -0.2) is 0 Å². The normalized spacial score (nSPS) is 12.6. The number of aromatic nitrogens is 1. The number of para-hydroxylation sites is 1. The molecule has 3 heterocycles. The lowest BCUT2D eigenvalue weighted by molar-refractivity contribution is 1.38. The number of fused-ring (bicyclic) bond motifs is 6. The minimum atomic E-state index is 1.18. The zero-order valence-corrected chi connectivity index (χ0v) is 14.4. The monoisotopic (exact) mass is 375 g/mol. The number of benzene rings is 3. The maximum absolute atomic E-state index is 3.69. The second-order valence-electron chi connectivity index (χ2n) is 5.99. The summed E-state index contributed by atoms with van der Waals surface area (Å²) >= 11 is 5.50. The Morgan fingerprint density at radius 2 is 1.65 bits per heavy atom. The number of hydrogen-bond donors (Lipinski definition) is 0. The molecule has 0 unspecified atom stereocenters. The topological polar surface area (TPSA) is 4.41 Å². The van der Waals surface area contributed by atoms with Crippen molar-refractivity contribution in [1.29, 1.82) is 0 Å². The van der Waals surface area contributed by atoms with Crippen molar-refractivity contribution in [2.75, 3.05) is 0 Å². The third-order valence-corrected chi connectivity index (χ3v) is 6.48. The van der Waals surface area contributed by atoms with Crippen molar-refractivity contribution in [3.05, 3.63) is 64.5 Å². The van der Waals surface area contributed by atoms with Gasteiger partial charge in [0.05, 0.1) is 14.8 Å². The molecule has 0 radical (unpaired) electrons. The molecule has 6 aromatic rings. The van der Waals surface area contributed by atoms with Gasteiger partial charge in [-0.2, -0.15) is 0 Å². The number of pyridine rings is 1. The Bertz CT molecular complexity index is 1370. The molecule has 3 aromatic heterocycles. The van der Waals surface area contributed by atoms with Crippen LogP contribution in [0.4, 0.5) is 0 Å². The van der Waals surface area contributed by atoms with Crippen molar-refractivity contribution in [2.45, 2.75) is 0 Å². The van der Waals surface area contributed by atoms with E-state index in [0.29, 0.717) is 0 Å². The van der Waals surface area contributed by atoms with E-state index >= 15 is 0 Å². The summed E-state index contributed by atoms with van der Waals surface area (Å²) in [5.41, 5.74) is 2.64. The fourth-order valence-electron chi connectivity index (χ4n) is 3.97. The highest BCUT2D eigenvalue weighted by molar-refractivity contribution is 9.11. The average Bonchev–Trinajstić information content (AvgIpc) is 3.12. The molecule has 0 amide bonds. The minimum Gasteiger partial charge on any atom is -0.299 e. The first kappa shape index (κ1) is 12.3. The van der Waals surface area contributed by atoms with Crippen molar-refractivity contribution >= 4 is 75.4 Å². The first-order valence-corrected chi connectivity index (χ1v) is 9.19. The van der Waals surface area contributed by atoms with Gasteiger partial charge in [-0.15, -0.1) is 11.3 Å². The van der Waals surface area contributed by atoms with Gasteiger partial charge in [0.1, 0.15) is 4.83 Å². The second kappa shape index (κ2) is 4.05. The molecule has 23 heavy (non-hydrogen) atoms. The number of halogens is 1. The summed E-state index contributed by atoms with van der Waals surface area (Å²) < 4.78 is 3.63. The van der Waals surface area contributed by atoms with Crippen molar-refractivity contribution in [3.63, 3.8) is 0 Å². The van der Waals surface area contributed by atoms with Crippen LogP contribution in [0.25, 0.3) is 48.2 Å². The van der Waals surface area contributed by atoms with Crippen LogP contribution < -0.4 is 0 Å². The van der Waals surface area contributed by atoms with E-state index in [0.717, 1.165) is 0 Å². The Kier molecular flexibility index (Phi) is 2.17. The molecule has 0 fully saturated rings. The molecule has 0 saturated carbocycles. The molecule has 1 nitrogen and oxygen atoms in total. The van der Waals surface area contributed by atoms with Crippen molar-refractivity contribution in [2.24, 2.45) is 0 Å². The van der Waals surface area contributed by atoms with E-state index in [-0.39, 0.29) is 0 Å². The standard InChI is InChI=1S/C20H10BrNS/c21-17-10-15-13-6-3-4-11-8-9-14-12-5-1-2-7-16(12)22(20(15)23-17)19(14)18(11)13/h1-10H. The van der Waals surface area contributed by atoms with Crippen LogP contribution in [-0.4, -0.2) is 4.40 Å². The summed E-state index contributed by atoms with van der Waals surface area (Å²) in [7, 11) is 0. The van der Waals surface area contributed by atoms with E-state index in [4.69, 9.17) is 0 Å². The van der Waals surface area contributed by atoms with E-state index in [9.17, 15) is 0 Å². The quantitative estimate of drug-likeness (QED) is 0.274. The van der Waals surface area contributed by atoms with Gasteiger partial charge in [-0.05, 0) is 38.8 Å². The lowest BCUT2D eigenvalue weighted by Gasteiger charge is -2.09. The average molecular weight is 376 g/mol. The number of thiophene rings is 1. The molecule has 0 aliphatic carbocycles. The van der Waals surface area contributed by atoms with Crippen LogP contribution in [0.15, 0.2) is 64.5 Å². The van der Waals surface area contributed by atoms with Crippen LogP contribution in [0.2, 0.25) is 0 Å². The Balaban J connectivity index is 2.17. The molecule has 0 aliphatic rings. The highest BCUT2D eigenvalue weighted by Gasteiger charge is 2.18. The summed E-state index contributed by atoms with van der Waals surface area (Å²) in [6.45, 7) is 0. The van der Waals surface area contributed by atoms with E-state index in [1.807, 2.05) is 11.3 Å². The highest BCUT2D eigenvalue weighted by Crippen LogP contribution is 2.44. The predicted molar refractivity (Wildman–Crippen MR) is 104 cm³/mol. The summed E-state index contributed by atoms with van der Waals surface area (Å²) in [5, 5.41) is 8.03. The molecular formula is C20H10BrNS. The van der Waals surface area contributed by atoms with E-state index in [1.54, 1.807) is 0 Å². The molecule has 6 rings (SSSR count). The van der Waals surface area contributed by atoms with Crippen molar-refractivity contribution < 1.29 is 0 Å². The maximum atomic E-state index is 3.69. The SMILES string of the molecule is Brc1cc2c3cccc4ccc5c6ccccc6n(c2s1)c5c43.